The van der Waals surface area contributed by atoms with Crippen LogP contribution in [0.5, 0.6) is 0 Å². The standard InChI is InChI=1S/C24H24N2O8S2/c1-3-4-14(28)32-13-6-11-8-24-22(30)25-15-10(5-12(31-9(2)27)17-19(15)33-17)7-23(25,35-36-24)21(29)26(24)16(11)20-18(13)34-20/h5-6,12-13,15-20H,3-4,7-8H2,1-2H3/t12?,13?,15?,16?,17?,18?,19?,20-,23?,24?/m1/s1. The van der Waals surface area contributed by atoms with Gasteiger partial charge in [-0.1, -0.05) is 28.5 Å². The van der Waals surface area contributed by atoms with Crippen molar-refractivity contribution in [3.05, 3.63) is 23.3 Å². The predicted octanol–water partition coefficient (Wildman–Crippen LogP) is 1.05. The summed E-state index contributed by atoms with van der Waals surface area (Å²) in [5.41, 5.74) is 1.86. The minimum absolute atomic E-state index is 0.0773. The Kier molecular flexibility index (Phi) is 4.21. The van der Waals surface area contributed by atoms with Crippen LogP contribution in [-0.2, 0) is 38.1 Å². The van der Waals surface area contributed by atoms with Crippen LogP contribution in [0.2, 0.25) is 0 Å². The molecule has 2 amide bonds. The molecule has 7 saturated heterocycles. The van der Waals surface area contributed by atoms with Gasteiger partial charge in [-0.05, 0) is 29.7 Å². The first-order valence-corrected chi connectivity index (χ1v) is 14.6. The second kappa shape index (κ2) is 6.89. The molecule has 9 unspecified atom stereocenters. The van der Waals surface area contributed by atoms with Gasteiger partial charge in [-0.15, -0.1) is 0 Å². The first-order chi connectivity index (χ1) is 17.3. The molecule has 190 valence electrons. The van der Waals surface area contributed by atoms with Crippen molar-refractivity contribution in [3.8, 4) is 0 Å². The topological polar surface area (TPSA) is 118 Å². The number of piperazine rings is 1. The molecule has 7 aliphatic heterocycles. The number of nitrogens with zero attached hydrogens (tertiary/aromatic N) is 2. The predicted molar refractivity (Wildman–Crippen MR) is 125 cm³/mol. The van der Waals surface area contributed by atoms with E-state index in [-0.39, 0.29) is 60.3 Å². The molecule has 0 radical (unpaired) electrons. The van der Waals surface area contributed by atoms with Crippen LogP contribution in [0.25, 0.3) is 0 Å². The fourth-order valence-corrected chi connectivity index (χ4v) is 10.8. The number of carbonyl (C=O) groups excluding carboxylic acids is 4. The molecule has 0 N–H and O–H groups in total. The quantitative estimate of drug-likeness (QED) is 0.225. The molecule has 2 aliphatic carbocycles. The van der Waals surface area contributed by atoms with Crippen molar-refractivity contribution < 1.29 is 38.1 Å². The third kappa shape index (κ3) is 2.54. The molecule has 9 rings (SSSR count). The van der Waals surface area contributed by atoms with Crippen molar-refractivity contribution in [2.24, 2.45) is 0 Å². The molecule has 0 aromatic carbocycles. The van der Waals surface area contributed by atoms with Crippen molar-refractivity contribution in [2.45, 2.75) is 98.0 Å². The van der Waals surface area contributed by atoms with Gasteiger partial charge in [-0.3, -0.25) is 19.2 Å². The largest absolute Gasteiger partial charge is 0.455 e. The summed E-state index contributed by atoms with van der Waals surface area (Å²) < 4.78 is 23.0. The van der Waals surface area contributed by atoms with Gasteiger partial charge in [-0.25, -0.2) is 0 Å². The maximum Gasteiger partial charge on any atom is 0.306 e. The Morgan fingerprint density at radius 2 is 1.42 bits per heavy atom. The van der Waals surface area contributed by atoms with Crippen molar-refractivity contribution in [2.75, 3.05) is 0 Å². The zero-order valence-corrected chi connectivity index (χ0v) is 21.2. The normalized spacial score (nSPS) is 48.1. The maximum atomic E-state index is 14.3. The van der Waals surface area contributed by atoms with Crippen LogP contribution >= 0.6 is 21.6 Å². The second-order valence-corrected chi connectivity index (χ2v) is 13.4. The van der Waals surface area contributed by atoms with Gasteiger partial charge in [0.05, 0.1) is 12.1 Å². The van der Waals surface area contributed by atoms with Gasteiger partial charge in [0.1, 0.15) is 36.6 Å². The van der Waals surface area contributed by atoms with E-state index in [0.717, 1.165) is 11.1 Å². The van der Waals surface area contributed by atoms with Crippen LogP contribution in [0.3, 0.4) is 0 Å². The van der Waals surface area contributed by atoms with Gasteiger partial charge in [-0.2, -0.15) is 0 Å². The Morgan fingerprint density at radius 1 is 0.917 bits per heavy atom. The van der Waals surface area contributed by atoms with Crippen molar-refractivity contribution >= 4 is 45.3 Å². The lowest BCUT2D eigenvalue weighted by Crippen LogP contribution is -2.76. The molecule has 2 bridgehead atoms. The number of ether oxygens (including phenoxy) is 4. The highest BCUT2D eigenvalue weighted by Crippen LogP contribution is 2.71. The first-order valence-electron chi connectivity index (χ1n) is 12.4. The average Bonchev–Trinajstić information content (AvgIpc) is 3.73. The number of rotatable bonds is 4. The number of amides is 2. The SMILES string of the molecule is CCCC(=O)OC1C=C2CC34SSC5(CC6=CC(OC(C)=O)C7OC7C6N5C3=O)C(=O)N4C2[C@H]2OC12. The van der Waals surface area contributed by atoms with E-state index >= 15 is 0 Å². The van der Waals surface area contributed by atoms with Gasteiger partial charge in [0.15, 0.2) is 9.74 Å². The van der Waals surface area contributed by atoms with Gasteiger partial charge in [0.2, 0.25) is 0 Å². The molecule has 10 nitrogen and oxygen atoms in total. The summed E-state index contributed by atoms with van der Waals surface area (Å²) in [7, 11) is 2.93. The summed E-state index contributed by atoms with van der Waals surface area (Å²) in [6.07, 6.45) is 3.51. The third-order valence-corrected chi connectivity index (χ3v) is 12.1. The number of hydrogen-bond donors (Lipinski definition) is 0. The van der Waals surface area contributed by atoms with Crippen molar-refractivity contribution in [1.29, 1.82) is 0 Å². The molecule has 10 atom stereocenters. The molecule has 7 heterocycles. The van der Waals surface area contributed by atoms with E-state index in [1.165, 1.54) is 28.5 Å². The van der Waals surface area contributed by atoms with Crippen LogP contribution in [0.15, 0.2) is 23.3 Å². The number of carbonyl (C=O) groups is 4. The molecule has 12 heteroatoms. The van der Waals surface area contributed by atoms with Crippen LogP contribution in [0.1, 0.15) is 39.5 Å². The lowest BCUT2D eigenvalue weighted by atomic mass is 9.91. The highest BCUT2D eigenvalue weighted by atomic mass is 33.1. The highest BCUT2D eigenvalue weighted by Gasteiger charge is 2.80. The summed E-state index contributed by atoms with van der Waals surface area (Å²) >= 11 is 0. The second-order valence-electron chi connectivity index (χ2n) is 10.7. The number of fused-ring (bicyclic) bond motifs is 7. The molecule has 0 saturated carbocycles. The number of hydrogen-bond acceptors (Lipinski definition) is 10. The smallest absolute Gasteiger partial charge is 0.306 e. The summed E-state index contributed by atoms with van der Waals surface area (Å²) in [6.45, 7) is 3.29. The van der Waals surface area contributed by atoms with E-state index in [1.807, 2.05) is 19.1 Å². The fraction of sp³-hybridized carbons (Fsp3) is 0.667. The van der Waals surface area contributed by atoms with Crippen LogP contribution in [-0.4, -0.2) is 92.0 Å². The Morgan fingerprint density at radius 3 is 1.89 bits per heavy atom. The molecule has 36 heavy (non-hydrogen) atoms. The minimum Gasteiger partial charge on any atom is -0.455 e. The Hall–Kier alpha value is -2.02. The van der Waals surface area contributed by atoms with E-state index < -0.39 is 21.9 Å². The molecule has 9 aliphatic rings. The summed E-state index contributed by atoms with van der Waals surface area (Å²) in [6, 6.07) is -0.648. The molecular formula is C24H24N2O8S2. The van der Waals surface area contributed by atoms with E-state index in [1.54, 1.807) is 9.80 Å². The lowest BCUT2D eigenvalue weighted by molar-refractivity contribution is -0.166. The zero-order chi connectivity index (χ0) is 24.7. The van der Waals surface area contributed by atoms with Crippen LogP contribution in [0, 0.1) is 0 Å². The molecule has 7 fully saturated rings. The number of esters is 2. The minimum atomic E-state index is -1.05. The molecule has 0 aromatic rings. The zero-order valence-electron chi connectivity index (χ0n) is 19.6. The molecule has 2 spiro atoms. The summed E-state index contributed by atoms with van der Waals surface area (Å²) in [5, 5.41) is 0. The Labute approximate surface area is 214 Å². The highest BCUT2D eigenvalue weighted by molar-refractivity contribution is 8.78. The van der Waals surface area contributed by atoms with Gasteiger partial charge in [0.25, 0.3) is 11.8 Å². The lowest BCUT2D eigenvalue weighted by Gasteiger charge is -2.58. The first kappa shape index (κ1) is 22.0. The van der Waals surface area contributed by atoms with E-state index in [9.17, 15) is 19.2 Å². The van der Waals surface area contributed by atoms with Gasteiger partial charge < -0.3 is 28.7 Å². The van der Waals surface area contributed by atoms with Gasteiger partial charge >= 0.3 is 11.9 Å². The Balaban J connectivity index is 1.15. The summed E-state index contributed by atoms with van der Waals surface area (Å²) in [4.78, 5) is 53.7. The average molecular weight is 533 g/mol. The van der Waals surface area contributed by atoms with E-state index in [0.29, 0.717) is 25.7 Å². The monoisotopic (exact) mass is 532 g/mol. The fourth-order valence-electron chi connectivity index (χ4n) is 7.14. The Bertz CT molecular complexity index is 1220. The van der Waals surface area contributed by atoms with E-state index in [4.69, 9.17) is 18.9 Å². The van der Waals surface area contributed by atoms with Crippen molar-refractivity contribution in [3.63, 3.8) is 0 Å². The van der Waals surface area contributed by atoms with Crippen LogP contribution in [0.4, 0.5) is 0 Å². The summed E-state index contributed by atoms with van der Waals surface area (Å²) in [5.74, 6) is -0.802. The third-order valence-electron chi connectivity index (χ3n) is 8.58. The van der Waals surface area contributed by atoms with Crippen molar-refractivity contribution in [1.82, 2.24) is 9.80 Å². The van der Waals surface area contributed by atoms with Crippen LogP contribution < -0.4 is 0 Å². The van der Waals surface area contributed by atoms with E-state index in [2.05, 4.69) is 0 Å². The molecular weight excluding hydrogens is 508 g/mol. The maximum absolute atomic E-state index is 14.3. The molecule has 0 aromatic heterocycles. The number of epoxide rings is 2. The van der Waals surface area contributed by atoms with Gasteiger partial charge in [0, 0.05) is 26.2 Å².